The Hall–Kier alpha value is -1.49. The van der Waals surface area contributed by atoms with Crippen molar-refractivity contribution in [2.75, 3.05) is 0 Å². The van der Waals surface area contributed by atoms with E-state index in [1.807, 2.05) is 0 Å². The second-order valence-electron chi connectivity index (χ2n) is 6.53. The molecule has 0 aromatic heterocycles. The van der Waals surface area contributed by atoms with Crippen LogP contribution in [0.4, 0.5) is 0 Å². The molecule has 25 heavy (non-hydrogen) atoms. The van der Waals surface area contributed by atoms with E-state index >= 15 is 0 Å². The molecule has 1 aromatic rings. The molecule has 3 rings (SSSR count). The first-order valence-corrected chi connectivity index (χ1v) is 11.1. The van der Waals surface area contributed by atoms with E-state index in [2.05, 4.69) is 9.44 Å². The minimum absolute atomic E-state index is 0.0224. The average Bonchev–Trinajstić information content (AvgIpc) is 3.21. The van der Waals surface area contributed by atoms with Crippen molar-refractivity contribution in [2.24, 2.45) is 11.7 Å². The Morgan fingerprint density at radius 3 is 1.88 bits per heavy atom. The largest absolute Gasteiger partial charge is 0.369 e. The normalized spacial score (nSPS) is 24.3. The lowest BCUT2D eigenvalue weighted by atomic mass is 10.0. The highest BCUT2D eigenvalue weighted by atomic mass is 32.2. The van der Waals surface area contributed by atoms with E-state index in [4.69, 9.17) is 5.73 Å². The molecular weight excluding hydrogens is 366 g/mol. The van der Waals surface area contributed by atoms with Crippen LogP contribution in [0.2, 0.25) is 0 Å². The Balaban J connectivity index is 1.75. The summed E-state index contributed by atoms with van der Waals surface area (Å²) in [7, 11) is -7.48. The molecule has 10 heteroatoms. The molecule has 0 saturated heterocycles. The number of carbonyl (C=O) groups excluding carboxylic acids is 1. The molecule has 2 aliphatic carbocycles. The van der Waals surface area contributed by atoms with Gasteiger partial charge in [0.2, 0.25) is 26.0 Å². The third-order valence-electron chi connectivity index (χ3n) is 4.53. The van der Waals surface area contributed by atoms with Gasteiger partial charge in [-0.3, -0.25) is 4.79 Å². The average molecular weight is 387 g/mol. The van der Waals surface area contributed by atoms with Gasteiger partial charge in [0.05, 0.1) is 15.7 Å². The van der Waals surface area contributed by atoms with Gasteiger partial charge in [-0.2, -0.15) is 0 Å². The predicted molar refractivity (Wildman–Crippen MR) is 90.4 cm³/mol. The number of hydrogen-bond acceptors (Lipinski definition) is 5. The van der Waals surface area contributed by atoms with E-state index < -0.39 is 37.9 Å². The molecule has 0 spiro atoms. The minimum atomic E-state index is -3.86. The Kier molecular flexibility index (Phi) is 4.89. The van der Waals surface area contributed by atoms with E-state index in [9.17, 15) is 21.6 Å². The van der Waals surface area contributed by atoms with Crippen molar-refractivity contribution in [1.82, 2.24) is 9.44 Å². The van der Waals surface area contributed by atoms with Crippen LogP contribution in [0.15, 0.2) is 34.1 Å². The molecule has 0 unspecified atom stereocenters. The summed E-state index contributed by atoms with van der Waals surface area (Å²) in [5.74, 6) is -1.03. The number of sulfonamides is 2. The summed E-state index contributed by atoms with van der Waals surface area (Å²) in [6.07, 6.45) is 3.47. The maximum atomic E-state index is 12.5. The topological polar surface area (TPSA) is 135 Å². The van der Waals surface area contributed by atoms with Crippen molar-refractivity contribution in [3.8, 4) is 0 Å². The minimum Gasteiger partial charge on any atom is -0.369 e. The number of nitrogens with two attached hydrogens (primary N) is 1. The van der Waals surface area contributed by atoms with Crippen LogP contribution in [-0.4, -0.2) is 34.8 Å². The third kappa shape index (κ3) is 4.20. The van der Waals surface area contributed by atoms with Crippen molar-refractivity contribution < 1.29 is 21.6 Å². The van der Waals surface area contributed by atoms with Crippen LogP contribution >= 0.6 is 0 Å². The van der Waals surface area contributed by atoms with Gasteiger partial charge in [-0.15, -0.1) is 0 Å². The second-order valence-corrected chi connectivity index (χ2v) is 9.96. The molecule has 2 aliphatic rings. The van der Waals surface area contributed by atoms with E-state index in [1.54, 1.807) is 0 Å². The summed E-state index contributed by atoms with van der Waals surface area (Å²) in [6, 6.07) is 4.47. The van der Waals surface area contributed by atoms with Crippen LogP contribution in [0, 0.1) is 5.92 Å². The monoisotopic (exact) mass is 387 g/mol. The molecule has 0 heterocycles. The van der Waals surface area contributed by atoms with E-state index in [0.717, 1.165) is 19.3 Å². The molecule has 8 nitrogen and oxygen atoms in total. The number of nitrogens with one attached hydrogen (secondary N) is 2. The zero-order valence-electron chi connectivity index (χ0n) is 13.5. The second kappa shape index (κ2) is 6.67. The molecule has 0 bridgehead atoms. The summed E-state index contributed by atoms with van der Waals surface area (Å²) in [4.78, 5) is 11.4. The van der Waals surface area contributed by atoms with Gasteiger partial charge in [0.25, 0.3) is 0 Å². The highest BCUT2D eigenvalue weighted by Gasteiger charge is 2.35. The van der Waals surface area contributed by atoms with Crippen LogP contribution in [-0.2, 0) is 24.8 Å². The molecular formula is C15H21N3O5S2. The number of rotatable bonds is 7. The maximum absolute atomic E-state index is 12.5. The van der Waals surface area contributed by atoms with Crippen molar-refractivity contribution in [3.05, 3.63) is 24.3 Å². The molecule has 2 saturated carbocycles. The standard InChI is InChI=1S/C15H21N3O5S2/c16-15(19)13-2-1-3-14(13)18-25(22,23)12-8-6-11(7-9-12)24(20,21)17-10-4-5-10/h6-10,13-14,17-18H,1-5H2,(H2,16,19)/t13-,14+/m0/s1. The zero-order valence-corrected chi connectivity index (χ0v) is 15.1. The van der Waals surface area contributed by atoms with Gasteiger partial charge in [0.15, 0.2) is 0 Å². The lowest BCUT2D eigenvalue weighted by Crippen LogP contribution is -2.42. The molecule has 1 amide bonds. The summed E-state index contributed by atoms with van der Waals surface area (Å²) < 4.78 is 54.2. The maximum Gasteiger partial charge on any atom is 0.240 e. The van der Waals surface area contributed by atoms with Crippen LogP contribution < -0.4 is 15.2 Å². The smallest absolute Gasteiger partial charge is 0.240 e. The first-order valence-electron chi connectivity index (χ1n) is 8.13. The van der Waals surface area contributed by atoms with Gasteiger partial charge < -0.3 is 5.73 Å². The number of hydrogen-bond donors (Lipinski definition) is 3. The number of amides is 1. The van der Waals surface area contributed by atoms with Gasteiger partial charge in [-0.25, -0.2) is 26.3 Å². The first-order chi connectivity index (χ1) is 11.7. The fourth-order valence-electron chi connectivity index (χ4n) is 3.00. The number of primary amides is 1. The van der Waals surface area contributed by atoms with Gasteiger partial charge in [0.1, 0.15) is 0 Å². The zero-order chi connectivity index (χ0) is 18.2. The quantitative estimate of drug-likeness (QED) is 0.608. The van der Waals surface area contributed by atoms with Crippen LogP contribution in [0.3, 0.4) is 0 Å². The fraction of sp³-hybridized carbons (Fsp3) is 0.533. The summed E-state index contributed by atoms with van der Waals surface area (Å²) in [5, 5.41) is 0. The van der Waals surface area contributed by atoms with Gasteiger partial charge in [-0.1, -0.05) is 6.42 Å². The van der Waals surface area contributed by atoms with Crippen LogP contribution in [0.5, 0.6) is 0 Å². The predicted octanol–water partition coefficient (Wildman–Crippen LogP) is 0.0596. The number of benzene rings is 1. The van der Waals surface area contributed by atoms with Crippen molar-refractivity contribution in [3.63, 3.8) is 0 Å². The van der Waals surface area contributed by atoms with Crippen molar-refractivity contribution >= 4 is 26.0 Å². The van der Waals surface area contributed by atoms with Crippen LogP contribution in [0.25, 0.3) is 0 Å². The number of carbonyl (C=O) groups is 1. The van der Waals surface area contributed by atoms with Crippen molar-refractivity contribution in [1.29, 1.82) is 0 Å². The lowest BCUT2D eigenvalue weighted by molar-refractivity contribution is -0.122. The molecule has 0 aliphatic heterocycles. The Morgan fingerprint density at radius 1 is 0.880 bits per heavy atom. The molecule has 1 aromatic carbocycles. The summed E-state index contributed by atoms with van der Waals surface area (Å²) >= 11 is 0. The van der Waals surface area contributed by atoms with E-state index in [0.29, 0.717) is 12.8 Å². The summed E-state index contributed by atoms with van der Waals surface area (Å²) in [5.41, 5.74) is 5.31. The van der Waals surface area contributed by atoms with Crippen LogP contribution in [0.1, 0.15) is 32.1 Å². The Bertz CT molecular complexity index is 861. The van der Waals surface area contributed by atoms with E-state index in [-0.39, 0.29) is 15.8 Å². The Morgan fingerprint density at radius 2 is 1.40 bits per heavy atom. The molecule has 2 fully saturated rings. The van der Waals surface area contributed by atoms with Gasteiger partial charge >= 0.3 is 0 Å². The van der Waals surface area contributed by atoms with Crippen molar-refractivity contribution in [2.45, 2.75) is 54.0 Å². The molecule has 0 radical (unpaired) electrons. The molecule has 138 valence electrons. The highest BCUT2D eigenvalue weighted by Crippen LogP contribution is 2.27. The summed E-state index contributed by atoms with van der Waals surface area (Å²) in [6.45, 7) is 0. The third-order valence-corrected chi connectivity index (χ3v) is 7.57. The molecule has 4 N–H and O–H groups in total. The highest BCUT2D eigenvalue weighted by molar-refractivity contribution is 7.90. The van der Waals surface area contributed by atoms with E-state index in [1.165, 1.54) is 24.3 Å². The lowest BCUT2D eigenvalue weighted by Gasteiger charge is -2.18. The Labute approximate surface area is 147 Å². The van der Waals surface area contributed by atoms with Gasteiger partial charge in [-0.05, 0) is 49.9 Å². The van der Waals surface area contributed by atoms with Gasteiger partial charge in [0, 0.05) is 12.1 Å². The SMILES string of the molecule is NC(=O)[C@H]1CCC[C@H]1NS(=O)(=O)c1ccc(S(=O)(=O)NC2CC2)cc1. The first kappa shape index (κ1) is 18.3. The fourth-order valence-corrected chi connectivity index (χ4v) is 5.61. The molecule has 2 atom stereocenters.